The first-order valence-corrected chi connectivity index (χ1v) is 5.84. The summed E-state index contributed by atoms with van der Waals surface area (Å²) in [6.07, 6.45) is -6.00. The third-order valence-corrected chi connectivity index (χ3v) is 3.00. The van der Waals surface area contributed by atoms with Gasteiger partial charge in [-0.3, -0.25) is 10.2 Å². The highest BCUT2D eigenvalue weighted by Crippen LogP contribution is 2.40. The lowest BCUT2D eigenvalue weighted by molar-refractivity contribution is -0.304. The van der Waals surface area contributed by atoms with E-state index in [1.807, 2.05) is 0 Å². The van der Waals surface area contributed by atoms with E-state index in [1.165, 1.54) is 0 Å². The zero-order valence-corrected chi connectivity index (χ0v) is 10.4. The van der Waals surface area contributed by atoms with Crippen LogP contribution in [0.5, 0.6) is 0 Å². The molecule has 0 aromatic heterocycles. The van der Waals surface area contributed by atoms with Crippen LogP contribution in [0.2, 0.25) is 0 Å². The molecular weight excluding hydrogens is 273 g/mol. The summed E-state index contributed by atoms with van der Waals surface area (Å²) in [5, 5.41) is 9.97. The number of aliphatic hydroxyl groups is 1. The van der Waals surface area contributed by atoms with E-state index in [4.69, 9.17) is 0 Å². The maximum Gasteiger partial charge on any atom is 0.438 e. The summed E-state index contributed by atoms with van der Waals surface area (Å²) in [6, 6.07) is 8.32. The van der Waals surface area contributed by atoms with Gasteiger partial charge in [0.05, 0.1) is 6.42 Å². The van der Waals surface area contributed by atoms with E-state index in [2.05, 4.69) is 12.0 Å². The van der Waals surface area contributed by atoms with Gasteiger partial charge in [-0.1, -0.05) is 36.9 Å². The molecule has 0 spiro atoms. The lowest BCUT2D eigenvalue weighted by Gasteiger charge is -2.33. The van der Waals surface area contributed by atoms with Crippen LogP contribution in [0.3, 0.4) is 0 Å². The molecule has 1 atom stereocenters. The minimum atomic E-state index is -4.97. The average molecular weight is 286 g/mol. The Kier molecular flexibility index (Phi) is 3.47. The second kappa shape index (κ2) is 4.82. The van der Waals surface area contributed by atoms with Crippen molar-refractivity contribution in [3.63, 3.8) is 0 Å². The van der Waals surface area contributed by atoms with Crippen LogP contribution < -0.4 is 5.43 Å². The third kappa shape index (κ3) is 2.49. The Labute approximate surface area is 113 Å². The highest BCUT2D eigenvalue weighted by atomic mass is 19.4. The molecule has 1 saturated heterocycles. The van der Waals surface area contributed by atoms with Gasteiger partial charge in [0.15, 0.2) is 0 Å². The first-order valence-electron chi connectivity index (χ1n) is 5.84. The van der Waals surface area contributed by atoms with Crippen LogP contribution in [0.25, 0.3) is 0 Å². The van der Waals surface area contributed by atoms with E-state index in [-0.39, 0.29) is 17.1 Å². The van der Waals surface area contributed by atoms with Crippen molar-refractivity contribution >= 4 is 5.91 Å². The number of hydrogen-bond donors (Lipinski definition) is 2. The number of rotatable bonds is 2. The minimum Gasteiger partial charge on any atom is -0.362 e. The summed E-state index contributed by atoms with van der Waals surface area (Å²) >= 11 is 0. The van der Waals surface area contributed by atoms with E-state index in [1.54, 1.807) is 30.3 Å². The van der Waals surface area contributed by atoms with E-state index in [0.29, 0.717) is 5.56 Å². The lowest BCUT2D eigenvalue weighted by Crippen LogP contribution is -2.60. The standard InChI is InChI=1S/C13H13F3N2O2/c1-9-8-12(20,13(14,15)16)18(17-9)11(19)7-10-5-3-2-4-6-10/h2-6,17,20H,1,7-8H2. The van der Waals surface area contributed by atoms with Crippen molar-refractivity contribution in [1.29, 1.82) is 0 Å². The number of halogens is 3. The number of hydrazine groups is 1. The van der Waals surface area contributed by atoms with Crippen LogP contribution in [0.15, 0.2) is 42.6 Å². The molecular formula is C13H13F3N2O2. The normalized spacial score (nSPS) is 22.8. The van der Waals surface area contributed by atoms with Crippen molar-refractivity contribution < 1.29 is 23.1 Å². The van der Waals surface area contributed by atoms with Gasteiger partial charge in [0, 0.05) is 12.1 Å². The first kappa shape index (κ1) is 14.4. The van der Waals surface area contributed by atoms with Gasteiger partial charge < -0.3 is 5.11 Å². The van der Waals surface area contributed by atoms with Gasteiger partial charge in [-0.05, 0) is 5.56 Å². The van der Waals surface area contributed by atoms with Crippen LogP contribution in [-0.2, 0) is 11.2 Å². The van der Waals surface area contributed by atoms with E-state index < -0.39 is 24.2 Å². The summed E-state index contributed by atoms with van der Waals surface area (Å²) in [5.41, 5.74) is -0.571. The molecule has 0 aliphatic carbocycles. The van der Waals surface area contributed by atoms with Gasteiger partial charge in [0.25, 0.3) is 5.72 Å². The molecule has 7 heteroatoms. The fourth-order valence-electron chi connectivity index (χ4n) is 2.01. The molecule has 108 valence electrons. The number of benzene rings is 1. The van der Waals surface area contributed by atoms with Gasteiger partial charge in [-0.2, -0.15) is 13.2 Å². The SMILES string of the molecule is C=C1CC(O)(C(F)(F)F)N(C(=O)Cc2ccccc2)N1. The Hall–Kier alpha value is -2.02. The third-order valence-electron chi connectivity index (χ3n) is 3.00. The van der Waals surface area contributed by atoms with Gasteiger partial charge in [0.2, 0.25) is 5.91 Å². The smallest absolute Gasteiger partial charge is 0.362 e. The summed E-state index contributed by atoms with van der Waals surface area (Å²) in [4.78, 5) is 12.0. The number of amides is 1. The van der Waals surface area contributed by atoms with Crippen molar-refractivity contribution in [2.45, 2.75) is 24.7 Å². The second-order valence-electron chi connectivity index (χ2n) is 4.60. The number of nitrogens with zero attached hydrogens (tertiary/aromatic N) is 1. The Morgan fingerprint density at radius 3 is 2.55 bits per heavy atom. The molecule has 2 rings (SSSR count). The van der Waals surface area contributed by atoms with Crippen molar-refractivity contribution in [2.75, 3.05) is 0 Å². The molecule has 2 N–H and O–H groups in total. The Bertz CT molecular complexity index is 530. The molecule has 1 fully saturated rings. The van der Waals surface area contributed by atoms with Crippen molar-refractivity contribution in [3.05, 3.63) is 48.2 Å². The van der Waals surface area contributed by atoms with Gasteiger partial charge in [0.1, 0.15) is 0 Å². The molecule has 1 heterocycles. The largest absolute Gasteiger partial charge is 0.438 e. The molecule has 1 aromatic rings. The molecule has 1 amide bonds. The minimum absolute atomic E-state index is 0.0637. The molecule has 20 heavy (non-hydrogen) atoms. The summed E-state index contributed by atoms with van der Waals surface area (Å²) < 4.78 is 38.8. The number of carbonyl (C=O) groups is 1. The quantitative estimate of drug-likeness (QED) is 0.870. The lowest BCUT2D eigenvalue weighted by atomic mass is 10.1. The topological polar surface area (TPSA) is 52.6 Å². The average Bonchev–Trinajstić information content (AvgIpc) is 2.67. The number of carbonyl (C=O) groups excluding carboxylic acids is 1. The summed E-state index contributed by atoms with van der Waals surface area (Å²) in [6.45, 7) is 3.34. The Morgan fingerprint density at radius 2 is 2.00 bits per heavy atom. The number of nitrogens with one attached hydrogen (secondary N) is 1. The molecule has 0 bridgehead atoms. The summed E-state index contributed by atoms with van der Waals surface area (Å²) in [7, 11) is 0. The second-order valence-corrected chi connectivity index (χ2v) is 4.60. The number of hydrogen-bond acceptors (Lipinski definition) is 3. The molecule has 1 aliphatic rings. The highest BCUT2D eigenvalue weighted by molar-refractivity contribution is 5.79. The van der Waals surface area contributed by atoms with Crippen LogP contribution in [0.1, 0.15) is 12.0 Å². The fourth-order valence-corrected chi connectivity index (χ4v) is 2.01. The van der Waals surface area contributed by atoms with Crippen LogP contribution >= 0.6 is 0 Å². The summed E-state index contributed by atoms with van der Waals surface area (Å²) in [5.74, 6) is -0.880. The van der Waals surface area contributed by atoms with Gasteiger partial charge >= 0.3 is 6.18 Å². The van der Waals surface area contributed by atoms with Crippen LogP contribution in [0.4, 0.5) is 13.2 Å². The van der Waals surface area contributed by atoms with Crippen LogP contribution in [-0.4, -0.2) is 27.9 Å². The molecule has 1 unspecified atom stereocenters. The zero-order chi connectivity index (χ0) is 15.0. The van der Waals surface area contributed by atoms with E-state index in [9.17, 15) is 23.1 Å². The monoisotopic (exact) mass is 286 g/mol. The zero-order valence-electron chi connectivity index (χ0n) is 10.4. The van der Waals surface area contributed by atoms with Crippen LogP contribution in [0, 0.1) is 0 Å². The maximum absolute atomic E-state index is 12.9. The Morgan fingerprint density at radius 1 is 1.40 bits per heavy atom. The predicted molar refractivity (Wildman–Crippen MR) is 64.9 cm³/mol. The highest BCUT2D eigenvalue weighted by Gasteiger charge is 2.63. The maximum atomic E-state index is 12.9. The van der Waals surface area contributed by atoms with E-state index >= 15 is 0 Å². The fraction of sp³-hybridized carbons (Fsp3) is 0.308. The molecule has 1 aromatic carbocycles. The van der Waals surface area contributed by atoms with Crippen molar-refractivity contribution in [2.24, 2.45) is 0 Å². The molecule has 0 radical (unpaired) electrons. The predicted octanol–water partition coefficient (Wildman–Crippen LogP) is 1.73. The molecule has 0 saturated carbocycles. The first-order chi connectivity index (χ1) is 9.24. The number of alkyl halides is 3. The Balaban J connectivity index is 2.22. The van der Waals surface area contributed by atoms with Crippen molar-refractivity contribution in [1.82, 2.24) is 10.4 Å². The van der Waals surface area contributed by atoms with Gasteiger partial charge in [-0.25, -0.2) is 5.01 Å². The van der Waals surface area contributed by atoms with E-state index in [0.717, 1.165) is 0 Å². The van der Waals surface area contributed by atoms with Gasteiger partial charge in [-0.15, -0.1) is 0 Å². The van der Waals surface area contributed by atoms with Crippen molar-refractivity contribution in [3.8, 4) is 0 Å². The molecule has 4 nitrogen and oxygen atoms in total. The molecule has 1 aliphatic heterocycles.